The lowest BCUT2D eigenvalue weighted by Gasteiger charge is -2.14. The minimum atomic E-state index is -4.61. The van der Waals surface area contributed by atoms with Gasteiger partial charge in [0.1, 0.15) is 23.5 Å². The van der Waals surface area contributed by atoms with E-state index < -0.39 is 17.7 Å². The maximum atomic E-state index is 15.3. The molecule has 0 saturated heterocycles. The van der Waals surface area contributed by atoms with Gasteiger partial charge in [0.15, 0.2) is 23.0 Å². The summed E-state index contributed by atoms with van der Waals surface area (Å²) in [6.07, 6.45) is 3.01. The molecule has 1 N–H and O–H groups in total. The molecule has 0 bridgehead atoms. The second kappa shape index (κ2) is 10.1. The molecule has 1 fully saturated rings. The van der Waals surface area contributed by atoms with E-state index >= 15 is 4.39 Å². The number of rotatable bonds is 8. The summed E-state index contributed by atoms with van der Waals surface area (Å²) in [6.45, 7) is 3.49. The van der Waals surface area contributed by atoms with Crippen molar-refractivity contribution in [3.05, 3.63) is 65.9 Å². The first kappa shape index (κ1) is 26.6. The molecule has 212 valence electrons. The van der Waals surface area contributed by atoms with Crippen LogP contribution in [0.2, 0.25) is 0 Å². The zero-order valence-corrected chi connectivity index (χ0v) is 22.3. The van der Waals surface area contributed by atoms with Crippen LogP contribution in [0.4, 0.5) is 23.4 Å². The van der Waals surface area contributed by atoms with Crippen molar-refractivity contribution in [1.82, 2.24) is 39.1 Å². The van der Waals surface area contributed by atoms with Gasteiger partial charge in [-0.3, -0.25) is 0 Å². The summed E-state index contributed by atoms with van der Waals surface area (Å²) < 4.78 is 63.6. The largest absolute Gasteiger partial charge is 0.480 e. The Morgan fingerprint density at radius 2 is 1.93 bits per heavy atom. The van der Waals surface area contributed by atoms with Crippen LogP contribution in [0.15, 0.2) is 43.1 Å². The van der Waals surface area contributed by atoms with Crippen molar-refractivity contribution in [3.8, 4) is 28.7 Å². The molecule has 5 aromatic rings. The molecule has 1 aliphatic carbocycles. The van der Waals surface area contributed by atoms with Crippen LogP contribution in [0.25, 0.3) is 28.4 Å². The Labute approximate surface area is 231 Å². The van der Waals surface area contributed by atoms with Gasteiger partial charge in [-0.05, 0) is 32.8 Å². The number of methoxy groups -OCH3 is 1. The Kier molecular flexibility index (Phi) is 6.54. The van der Waals surface area contributed by atoms with Crippen LogP contribution in [0, 0.1) is 5.82 Å². The predicted octanol–water partition coefficient (Wildman–Crippen LogP) is 5.68. The number of aromatic nitrogens is 8. The summed E-state index contributed by atoms with van der Waals surface area (Å²) in [6, 6.07) is 3.93. The minimum Gasteiger partial charge on any atom is -0.480 e. The Morgan fingerprint density at radius 1 is 1.12 bits per heavy atom. The second-order valence-electron chi connectivity index (χ2n) is 10.0. The lowest BCUT2D eigenvalue weighted by atomic mass is 10.1. The summed E-state index contributed by atoms with van der Waals surface area (Å²) >= 11 is 0. The number of imidazole rings is 2. The molecule has 0 radical (unpaired) electrons. The maximum Gasteiger partial charge on any atom is 0.434 e. The molecule has 1 aromatic carbocycles. The molecular formula is C27H25F4N9O. The summed E-state index contributed by atoms with van der Waals surface area (Å²) in [5, 5.41) is 7.71. The summed E-state index contributed by atoms with van der Waals surface area (Å²) in [4.78, 5) is 21.4. The molecule has 0 unspecified atom stereocenters. The molecule has 14 heteroatoms. The van der Waals surface area contributed by atoms with Gasteiger partial charge in [-0.2, -0.15) is 13.2 Å². The van der Waals surface area contributed by atoms with Crippen molar-refractivity contribution in [1.29, 1.82) is 0 Å². The standard InChI is InChI=1S/C27H25F4N9O/c1-14(2)39-12-19(27(29,30)31)36-24(39)16-6-7-17(18(28)10-16)11-33-23-25-32-8-9-40(25)38-22(37-23)20-21(15-4-5-15)34-13-35-26(20)41-3/h6-10,12-15H,4-5,11H2,1-3H3,(H,33,37,38). The molecule has 0 spiro atoms. The predicted molar refractivity (Wildman–Crippen MR) is 141 cm³/mol. The number of hydrogen-bond acceptors (Lipinski definition) is 8. The van der Waals surface area contributed by atoms with Gasteiger partial charge in [0.05, 0.1) is 12.8 Å². The van der Waals surface area contributed by atoms with Crippen molar-refractivity contribution in [2.75, 3.05) is 12.4 Å². The molecule has 1 saturated carbocycles. The fourth-order valence-corrected chi connectivity index (χ4v) is 4.61. The number of nitrogens with zero attached hydrogens (tertiary/aromatic N) is 8. The molecule has 41 heavy (non-hydrogen) atoms. The SMILES string of the molecule is COc1ncnc(C2CC2)c1-c1nc(NCc2ccc(-c3nc(C(F)(F)F)cn3C(C)C)cc2F)c2nccn2n1. The first-order valence-electron chi connectivity index (χ1n) is 12.9. The third-order valence-electron chi connectivity index (χ3n) is 6.81. The van der Waals surface area contributed by atoms with Crippen LogP contribution >= 0.6 is 0 Å². The monoisotopic (exact) mass is 567 g/mol. The summed E-state index contributed by atoms with van der Waals surface area (Å²) in [7, 11) is 1.52. The molecular weight excluding hydrogens is 542 g/mol. The highest BCUT2D eigenvalue weighted by atomic mass is 19.4. The van der Waals surface area contributed by atoms with E-state index in [2.05, 4.69) is 35.3 Å². The van der Waals surface area contributed by atoms with E-state index in [0.717, 1.165) is 24.7 Å². The molecule has 6 rings (SSSR count). The van der Waals surface area contributed by atoms with E-state index in [1.165, 1.54) is 30.1 Å². The topological polar surface area (TPSA) is 108 Å². The highest BCUT2D eigenvalue weighted by Crippen LogP contribution is 2.45. The smallest absolute Gasteiger partial charge is 0.434 e. The van der Waals surface area contributed by atoms with Crippen LogP contribution in [0.1, 0.15) is 55.6 Å². The molecule has 0 aliphatic heterocycles. The van der Waals surface area contributed by atoms with Gasteiger partial charge in [-0.25, -0.2) is 33.8 Å². The van der Waals surface area contributed by atoms with E-state index in [4.69, 9.17) is 4.74 Å². The van der Waals surface area contributed by atoms with Gasteiger partial charge >= 0.3 is 6.18 Å². The number of nitrogens with one attached hydrogen (secondary N) is 1. The van der Waals surface area contributed by atoms with Crippen molar-refractivity contribution in [2.45, 2.75) is 51.4 Å². The minimum absolute atomic E-state index is 0.0232. The highest BCUT2D eigenvalue weighted by Gasteiger charge is 2.35. The number of benzene rings is 1. The number of fused-ring (bicyclic) bond motifs is 1. The lowest BCUT2D eigenvalue weighted by Crippen LogP contribution is -2.10. The zero-order valence-electron chi connectivity index (χ0n) is 22.3. The van der Waals surface area contributed by atoms with Crippen molar-refractivity contribution in [3.63, 3.8) is 0 Å². The van der Waals surface area contributed by atoms with Crippen molar-refractivity contribution >= 4 is 11.5 Å². The quantitative estimate of drug-likeness (QED) is 0.239. The molecule has 1 aliphatic rings. The van der Waals surface area contributed by atoms with Gasteiger partial charge < -0.3 is 14.6 Å². The third-order valence-corrected chi connectivity index (χ3v) is 6.81. The van der Waals surface area contributed by atoms with Gasteiger partial charge in [-0.15, -0.1) is 5.10 Å². The van der Waals surface area contributed by atoms with E-state index in [-0.39, 0.29) is 35.5 Å². The second-order valence-corrected chi connectivity index (χ2v) is 10.0. The van der Waals surface area contributed by atoms with Gasteiger partial charge in [0.25, 0.3) is 0 Å². The van der Waals surface area contributed by atoms with Gasteiger partial charge in [-0.1, -0.05) is 12.1 Å². The first-order valence-corrected chi connectivity index (χ1v) is 12.9. The molecule has 4 heterocycles. The van der Waals surface area contributed by atoms with Crippen molar-refractivity contribution < 1.29 is 22.3 Å². The number of anilines is 1. The van der Waals surface area contributed by atoms with Crippen LogP contribution in [0.3, 0.4) is 0 Å². The molecule has 0 amide bonds. The highest BCUT2D eigenvalue weighted by molar-refractivity contribution is 5.71. The van der Waals surface area contributed by atoms with Crippen LogP contribution < -0.4 is 10.1 Å². The average Bonchev–Trinajstić information content (AvgIpc) is 3.48. The number of hydrogen-bond donors (Lipinski definition) is 1. The average molecular weight is 568 g/mol. The Balaban J connectivity index is 1.32. The summed E-state index contributed by atoms with van der Waals surface area (Å²) in [5.74, 6) is 0.727. The van der Waals surface area contributed by atoms with Gasteiger partial charge in [0, 0.05) is 48.2 Å². The van der Waals surface area contributed by atoms with Gasteiger partial charge in [0.2, 0.25) is 5.88 Å². The van der Waals surface area contributed by atoms with E-state index in [0.29, 0.717) is 28.7 Å². The zero-order chi connectivity index (χ0) is 28.9. The van der Waals surface area contributed by atoms with Crippen LogP contribution in [0.5, 0.6) is 5.88 Å². The fourth-order valence-electron chi connectivity index (χ4n) is 4.61. The maximum absolute atomic E-state index is 15.3. The summed E-state index contributed by atoms with van der Waals surface area (Å²) in [5.41, 5.74) is 1.30. The molecule has 10 nitrogen and oxygen atoms in total. The number of halogens is 4. The van der Waals surface area contributed by atoms with Crippen LogP contribution in [-0.2, 0) is 12.7 Å². The van der Waals surface area contributed by atoms with E-state index in [1.807, 2.05) is 0 Å². The number of ether oxygens (including phenoxy) is 1. The van der Waals surface area contributed by atoms with E-state index in [9.17, 15) is 13.2 Å². The number of alkyl halides is 3. The molecule has 0 atom stereocenters. The Hall–Kier alpha value is -4.62. The third kappa shape index (κ3) is 5.05. The lowest BCUT2D eigenvalue weighted by molar-refractivity contribution is -0.140. The van der Waals surface area contributed by atoms with Crippen LogP contribution in [-0.4, -0.2) is 46.2 Å². The normalized spacial score (nSPS) is 13.8. The Morgan fingerprint density at radius 3 is 2.61 bits per heavy atom. The van der Waals surface area contributed by atoms with Crippen molar-refractivity contribution in [2.24, 2.45) is 0 Å². The Bertz CT molecular complexity index is 1740. The molecule has 4 aromatic heterocycles. The first-order chi connectivity index (χ1) is 19.6. The van der Waals surface area contributed by atoms with E-state index in [1.54, 1.807) is 36.8 Å². The fraction of sp³-hybridized carbons (Fsp3) is 0.333.